The van der Waals surface area contributed by atoms with Crippen LogP contribution in [0, 0.1) is 0 Å². The number of aromatic hydroxyl groups is 1. The highest BCUT2D eigenvalue weighted by Gasteiger charge is 2.37. The van der Waals surface area contributed by atoms with Gasteiger partial charge in [0.2, 0.25) is 0 Å². The molecule has 2 rings (SSSR count). The standard InChI is InChI=1S/C17H13ClF6N2O2/c1-2-25-13-7-14(27)11(6-12(13)18)15(28)26-10-4-8(16(19,20)21)3-9(5-10)17(22,23)24/h3-7,25,27H,2H2,1H3,(H,26,28). The van der Waals surface area contributed by atoms with E-state index in [0.717, 1.165) is 12.1 Å². The number of phenols is 1. The largest absolute Gasteiger partial charge is 0.507 e. The molecule has 0 heterocycles. The van der Waals surface area contributed by atoms with Gasteiger partial charge >= 0.3 is 12.4 Å². The second-order valence-corrected chi connectivity index (χ2v) is 6.04. The smallest absolute Gasteiger partial charge is 0.416 e. The first-order valence-corrected chi connectivity index (χ1v) is 8.08. The van der Waals surface area contributed by atoms with Gasteiger partial charge < -0.3 is 15.7 Å². The van der Waals surface area contributed by atoms with Gasteiger partial charge in [0.25, 0.3) is 5.91 Å². The third-order valence-corrected chi connectivity index (χ3v) is 3.86. The van der Waals surface area contributed by atoms with E-state index in [-0.39, 0.29) is 11.1 Å². The molecule has 0 atom stereocenters. The molecule has 2 aromatic carbocycles. The molecule has 4 nitrogen and oxygen atoms in total. The molecule has 11 heteroatoms. The van der Waals surface area contributed by atoms with Crippen molar-refractivity contribution in [3.63, 3.8) is 0 Å². The van der Waals surface area contributed by atoms with E-state index in [4.69, 9.17) is 11.6 Å². The Balaban J connectivity index is 2.42. The molecule has 3 N–H and O–H groups in total. The van der Waals surface area contributed by atoms with E-state index in [1.165, 1.54) is 0 Å². The monoisotopic (exact) mass is 426 g/mol. The summed E-state index contributed by atoms with van der Waals surface area (Å²) >= 11 is 5.95. The second kappa shape index (κ2) is 7.78. The lowest BCUT2D eigenvalue weighted by molar-refractivity contribution is -0.143. The van der Waals surface area contributed by atoms with Crippen molar-refractivity contribution in [2.75, 3.05) is 17.2 Å². The Morgan fingerprint density at radius 3 is 2.00 bits per heavy atom. The molecule has 0 aliphatic heterocycles. The molecule has 0 aromatic heterocycles. The minimum absolute atomic E-state index is 0.0322. The van der Waals surface area contributed by atoms with Crippen molar-refractivity contribution in [3.8, 4) is 5.75 Å². The maximum absolute atomic E-state index is 12.9. The van der Waals surface area contributed by atoms with Crippen molar-refractivity contribution in [1.29, 1.82) is 0 Å². The molecule has 0 saturated heterocycles. The zero-order valence-electron chi connectivity index (χ0n) is 14.1. The molecule has 28 heavy (non-hydrogen) atoms. The van der Waals surface area contributed by atoms with Crippen LogP contribution >= 0.6 is 11.6 Å². The van der Waals surface area contributed by atoms with E-state index in [2.05, 4.69) is 5.32 Å². The lowest BCUT2D eigenvalue weighted by atomic mass is 10.1. The topological polar surface area (TPSA) is 61.4 Å². The van der Waals surface area contributed by atoms with E-state index in [9.17, 15) is 36.2 Å². The number of phenolic OH excluding ortho intramolecular Hbond substituents is 1. The Morgan fingerprint density at radius 2 is 1.54 bits per heavy atom. The molecular formula is C17H13ClF6N2O2. The summed E-state index contributed by atoms with van der Waals surface area (Å²) in [6.07, 6.45) is -10.1. The van der Waals surface area contributed by atoms with E-state index in [1.807, 2.05) is 5.32 Å². The number of halogens is 7. The number of hydrogen-bond donors (Lipinski definition) is 3. The predicted octanol–water partition coefficient (Wildman–Crippen LogP) is 5.77. The average Bonchev–Trinajstić information content (AvgIpc) is 2.56. The highest BCUT2D eigenvalue weighted by molar-refractivity contribution is 6.33. The summed E-state index contributed by atoms with van der Waals surface area (Å²) in [4.78, 5) is 12.3. The number of hydrogen-bond acceptors (Lipinski definition) is 3. The first-order chi connectivity index (χ1) is 12.8. The summed E-state index contributed by atoms with van der Waals surface area (Å²) in [5.41, 5.74) is -4.02. The van der Waals surface area contributed by atoms with Crippen LogP contribution in [0.25, 0.3) is 0 Å². The molecule has 0 fully saturated rings. The van der Waals surface area contributed by atoms with Crippen LogP contribution in [0.4, 0.5) is 37.7 Å². The maximum Gasteiger partial charge on any atom is 0.416 e. The summed E-state index contributed by atoms with van der Waals surface area (Å²) in [6.45, 7) is 2.20. The molecule has 2 aromatic rings. The lowest BCUT2D eigenvalue weighted by Gasteiger charge is -2.15. The van der Waals surface area contributed by atoms with Crippen molar-refractivity contribution in [2.45, 2.75) is 19.3 Å². The zero-order chi connectivity index (χ0) is 21.3. The van der Waals surface area contributed by atoms with Gasteiger partial charge in [-0.05, 0) is 31.2 Å². The highest BCUT2D eigenvalue weighted by atomic mass is 35.5. The van der Waals surface area contributed by atoms with Gasteiger partial charge in [-0.15, -0.1) is 0 Å². The fraction of sp³-hybridized carbons (Fsp3) is 0.235. The SMILES string of the molecule is CCNc1cc(O)c(C(=O)Nc2cc(C(F)(F)F)cc(C(F)(F)F)c2)cc1Cl. The zero-order valence-corrected chi connectivity index (χ0v) is 14.9. The molecule has 0 aliphatic carbocycles. The van der Waals surface area contributed by atoms with Gasteiger partial charge in [0.1, 0.15) is 5.75 Å². The summed E-state index contributed by atoms with van der Waals surface area (Å²) in [7, 11) is 0. The first-order valence-electron chi connectivity index (χ1n) is 7.70. The number of rotatable bonds is 4. The van der Waals surface area contributed by atoms with E-state index in [0.29, 0.717) is 24.4 Å². The van der Waals surface area contributed by atoms with Crippen LogP contribution < -0.4 is 10.6 Å². The minimum atomic E-state index is -5.06. The summed E-state index contributed by atoms with van der Waals surface area (Å²) in [5.74, 6) is -1.68. The minimum Gasteiger partial charge on any atom is -0.507 e. The molecule has 0 aliphatic rings. The summed E-state index contributed by atoms with van der Waals surface area (Å²) in [6, 6.07) is 2.82. The van der Waals surface area contributed by atoms with Crippen molar-refractivity contribution < 1.29 is 36.2 Å². The Labute approximate surface area is 160 Å². The normalized spacial score (nSPS) is 12.0. The molecule has 0 bridgehead atoms. The average molecular weight is 427 g/mol. The van der Waals surface area contributed by atoms with E-state index in [1.54, 1.807) is 6.92 Å². The third-order valence-electron chi connectivity index (χ3n) is 3.54. The van der Waals surface area contributed by atoms with Crippen LogP contribution in [0.3, 0.4) is 0 Å². The molecule has 0 radical (unpaired) electrons. The van der Waals surface area contributed by atoms with Gasteiger partial charge in [0, 0.05) is 18.3 Å². The van der Waals surface area contributed by atoms with Crippen molar-refractivity contribution in [1.82, 2.24) is 0 Å². The van der Waals surface area contributed by atoms with E-state index >= 15 is 0 Å². The molecule has 0 spiro atoms. The van der Waals surface area contributed by atoms with Gasteiger partial charge in [-0.3, -0.25) is 4.79 Å². The van der Waals surface area contributed by atoms with Crippen LogP contribution in [-0.4, -0.2) is 17.6 Å². The summed E-state index contributed by atoms with van der Waals surface area (Å²) < 4.78 is 77.3. The Bertz CT molecular complexity index is 864. The first kappa shape index (κ1) is 21.7. The number of amides is 1. The quantitative estimate of drug-likeness (QED) is 0.544. The van der Waals surface area contributed by atoms with Gasteiger partial charge in [0.15, 0.2) is 0 Å². The van der Waals surface area contributed by atoms with Crippen LogP contribution in [-0.2, 0) is 12.4 Å². The Kier molecular flexibility index (Phi) is 6.03. The lowest BCUT2D eigenvalue weighted by Crippen LogP contribution is -2.16. The van der Waals surface area contributed by atoms with Gasteiger partial charge in [-0.25, -0.2) is 0 Å². The molecule has 0 saturated carbocycles. The fourth-order valence-electron chi connectivity index (χ4n) is 2.30. The maximum atomic E-state index is 12.9. The van der Waals surface area contributed by atoms with E-state index < -0.39 is 46.4 Å². The van der Waals surface area contributed by atoms with Gasteiger partial charge in [0.05, 0.1) is 27.4 Å². The van der Waals surface area contributed by atoms with Crippen LogP contribution in [0.5, 0.6) is 5.75 Å². The number of carbonyl (C=O) groups is 1. The van der Waals surface area contributed by atoms with Crippen LogP contribution in [0.1, 0.15) is 28.4 Å². The molecule has 0 unspecified atom stereocenters. The number of carbonyl (C=O) groups excluding carboxylic acids is 1. The Hall–Kier alpha value is -2.62. The number of anilines is 2. The van der Waals surface area contributed by atoms with Crippen molar-refractivity contribution >= 4 is 28.9 Å². The predicted molar refractivity (Wildman–Crippen MR) is 91.7 cm³/mol. The molecule has 1 amide bonds. The number of nitrogens with one attached hydrogen (secondary N) is 2. The van der Waals surface area contributed by atoms with Crippen molar-refractivity contribution in [2.24, 2.45) is 0 Å². The Morgan fingerprint density at radius 1 is 1.00 bits per heavy atom. The molecule has 152 valence electrons. The highest BCUT2D eigenvalue weighted by Crippen LogP contribution is 2.38. The van der Waals surface area contributed by atoms with Crippen LogP contribution in [0.2, 0.25) is 5.02 Å². The molecular weight excluding hydrogens is 414 g/mol. The van der Waals surface area contributed by atoms with Gasteiger partial charge in [-0.2, -0.15) is 26.3 Å². The number of alkyl halides is 6. The number of benzene rings is 2. The van der Waals surface area contributed by atoms with Gasteiger partial charge in [-0.1, -0.05) is 11.6 Å². The summed E-state index contributed by atoms with van der Waals surface area (Å²) in [5, 5.41) is 14.7. The second-order valence-electron chi connectivity index (χ2n) is 5.63. The third kappa shape index (κ3) is 5.00. The fourth-order valence-corrected chi connectivity index (χ4v) is 2.53. The van der Waals surface area contributed by atoms with Crippen molar-refractivity contribution in [3.05, 3.63) is 52.0 Å². The van der Waals surface area contributed by atoms with Crippen LogP contribution in [0.15, 0.2) is 30.3 Å².